The van der Waals surface area contributed by atoms with E-state index in [0.717, 1.165) is 10.9 Å². The average molecular weight is 355 g/mol. The van der Waals surface area contributed by atoms with Crippen LogP contribution in [0, 0.1) is 0 Å². The molecule has 0 saturated carbocycles. The molecule has 0 N–H and O–H groups in total. The Labute approximate surface area is 121 Å². The van der Waals surface area contributed by atoms with Gasteiger partial charge in [0.25, 0.3) is 0 Å². The van der Waals surface area contributed by atoms with Crippen LogP contribution in [0.15, 0.2) is 23.1 Å². The molecule has 0 unspecified atom stereocenters. The molecular formula is C9H11F6N3O3S. The number of aryl methyl sites for hydroxylation is 2. The fourth-order valence-electron chi connectivity index (χ4n) is 0.901. The number of sulfonamides is 1. The van der Waals surface area contributed by atoms with Gasteiger partial charge in [0.1, 0.15) is 12.4 Å². The Hall–Kier alpha value is -1.79. The number of alkyl halides is 6. The van der Waals surface area contributed by atoms with Crippen molar-refractivity contribution in [1.82, 2.24) is 4.57 Å². The molecule has 0 aliphatic carbocycles. The van der Waals surface area contributed by atoms with E-state index in [-0.39, 0.29) is 0 Å². The highest BCUT2D eigenvalue weighted by Crippen LogP contribution is 2.26. The van der Waals surface area contributed by atoms with E-state index in [2.05, 4.69) is 24.0 Å². The van der Waals surface area contributed by atoms with Crippen molar-refractivity contribution in [3.05, 3.63) is 18.7 Å². The lowest BCUT2D eigenvalue weighted by atomic mass is 10.7. The van der Waals surface area contributed by atoms with Crippen LogP contribution < -0.4 is 9.67 Å². The van der Waals surface area contributed by atoms with E-state index in [1.165, 1.54) is 0 Å². The van der Waals surface area contributed by atoms with Gasteiger partial charge in [0.2, 0.25) is 6.33 Å². The van der Waals surface area contributed by atoms with Crippen molar-refractivity contribution in [2.75, 3.05) is 0 Å². The summed E-state index contributed by atoms with van der Waals surface area (Å²) < 4.78 is 93.0. The van der Waals surface area contributed by atoms with E-state index in [9.17, 15) is 39.9 Å². The van der Waals surface area contributed by atoms with E-state index in [0.29, 0.717) is 0 Å². The molecule has 1 aromatic rings. The van der Waals surface area contributed by atoms with Crippen molar-refractivity contribution in [3.8, 4) is 0 Å². The van der Waals surface area contributed by atoms with Gasteiger partial charge in [-0.25, -0.2) is 9.13 Å². The summed E-state index contributed by atoms with van der Waals surface area (Å²) in [6.45, 7) is 3.18. The molecule has 13 heteroatoms. The molecule has 1 rings (SSSR count). The Balaban J connectivity index is 0.000000461. The molecule has 0 amide bonds. The summed E-state index contributed by atoms with van der Waals surface area (Å²) >= 11 is 0. The van der Waals surface area contributed by atoms with Gasteiger partial charge in [0.15, 0.2) is 0 Å². The highest BCUT2D eigenvalue weighted by Gasteiger charge is 2.47. The largest absolute Gasteiger partial charge is 0.855 e. The second-order valence-electron chi connectivity index (χ2n) is 3.72. The summed E-state index contributed by atoms with van der Waals surface area (Å²) in [5.41, 5.74) is -6.02. The van der Waals surface area contributed by atoms with Gasteiger partial charge < -0.3 is 5.11 Å². The number of halogens is 6. The second-order valence-corrected chi connectivity index (χ2v) is 5.32. The lowest BCUT2D eigenvalue weighted by Gasteiger charge is -2.14. The Morgan fingerprint density at radius 1 is 1.27 bits per heavy atom. The number of imidazole rings is 1. The number of hydrogen-bond acceptors (Lipinski definition) is 3. The van der Waals surface area contributed by atoms with Gasteiger partial charge >= 0.3 is 21.7 Å². The molecule has 0 atom stereocenters. The standard InChI is InChI=1S/C6H11N2.C3HF6NO3S/c1-3-8-5-4-7(2)6-8;4-2(5,6)1(11)10-14(12,13)3(7,8)9/h4-6H,3H2,1-2H3;(H,10,11)/q+1;/p-1. The highest BCUT2D eigenvalue weighted by atomic mass is 32.2. The van der Waals surface area contributed by atoms with Crippen molar-refractivity contribution in [1.29, 1.82) is 0 Å². The molecule has 0 fully saturated rings. The van der Waals surface area contributed by atoms with E-state index in [4.69, 9.17) is 0 Å². The Morgan fingerprint density at radius 2 is 1.77 bits per heavy atom. The van der Waals surface area contributed by atoms with E-state index in [1.807, 2.05) is 17.8 Å². The molecule has 6 nitrogen and oxygen atoms in total. The summed E-state index contributed by atoms with van der Waals surface area (Å²) in [5, 5.41) is 9.76. The molecule has 0 bridgehead atoms. The van der Waals surface area contributed by atoms with Crippen molar-refractivity contribution in [3.63, 3.8) is 0 Å². The highest BCUT2D eigenvalue weighted by molar-refractivity contribution is 7.91. The van der Waals surface area contributed by atoms with Gasteiger partial charge in [-0.2, -0.15) is 39.2 Å². The zero-order valence-corrected chi connectivity index (χ0v) is 12.0. The van der Waals surface area contributed by atoms with Gasteiger partial charge in [0, 0.05) is 0 Å². The molecule has 0 spiro atoms. The van der Waals surface area contributed by atoms with Gasteiger partial charge in [-0.05, 0) is 6.92 Å². The molecular weight excluding hydrogens is 344 g/mol. The molecule has 0 aromatic carbocycles. The first-order valence-electron chi connectivity index (χ1n) is 5.37. The minimum Gasteiger partial charge on any atom is -0.855 e. The van der Waals surface area contributed by atoms with Crippen LogP contribution in [-0.4, -0.2) is 30.6 Å². The molecule has 0 aliphatic rings. The van der Waals surface area contributed by atoms with Crippen LogP contribution in [0.1, 0.15) is 6.92 Å². The molecule has 1 aromatic heterocycles. The third kappa shape index (κ3) is 6.32. The number of hydrogen-bond donors (Lipinski definition) is 0. The normalized spacial score (nSPS) is 13.5. The SMILES string of the molecule is CCn1cc[n+](C)c1.O=S(=O)(/N=C(\[O-])C(F)(F)F)C(F)(F)F. The number of rotatable bonds is 2. The fraction of sp³-hybridized carbons (Fsp3) is 0.556. The average Bonchev–Trinajstić information content (AvgIpc) is 2.72. The third-order valence-corrected chi connectivity index (χ3v) is 2.92. The molecule has 128 valence electrons. The van der Waals surface area contributed by atoms with E-state index in [1.54, 1.807) is 0 Å². The van der Waals surface area contributed by atoms with E-state index >= 15 is 0 Å². The van der Waals surface area contributed by atoms with Crippen LogP contribution in [0.5, 0.6) is 0 Å². The van der Waals surface area contributed by atoms with E-state index < -0.39 is 27.6 Å². The smallest absolute Gasteiger partial charge is 0.518 e. The Bertz CT molecular complexity index is 617. The fourth-order valence-corrected chi connectivity index (χ4v) is 1.33. The van der Waals surface area contributed by atoms with Crippen molar-refractivity contribution in [2.24, 2.45) is 11.4 Å². The predicted molar refractivity (Wildman–Crippen MR) is 59.7 cm³/mol. The van der Waals surface area contributed by atoms with Crippen molar-refractivity contribution >= 4 is 15.9 Å². The zero-order valence-electron chi connectivity index (χ0n) is 11.2. The molecule has 0 saturated heterocycles. The van der Waals surface area contributed by atoms with Crippen molar-refractivity contribution in [2.45, 2.75) is 25.2 Å². The van der Waals surface area contributed by atoms with Crippen LogP contribution >= 0.6 is 0 Å². The van der Waals surface area contributed by atoms with Crippen LogP contribution in [0.4, 0.5) is 26.3 Å². The maximum atomic E-state index is 11.4. The maximum absolute atomic E-state index is 11.4. The Kier molecular flexibility index (Phi) is 6.41. The molecule has 1 heterocycles. The van der Waals surface area contributed by atoms with Crippen LogP contribution in [0.25, 0.3) is 0 Å². The lowest BCUT2D eigenvalue weighted by Crippen LogP contribution is -2.37. The quantitative estimate of drug-likeness (QED) is 0.335. The van der Waals surface area contributed by atoms with Gasteiger partial charge in [0.05, 0.1) is 19.5 Å². The minimum atomic E-state index is -6.42. The zero-order chi connectivity index (χ0) is 17.8. The molecule has 22 heavy (non-hydrogen) atoms. The maximum Gasteiger partial charge on any atom is 0.518 e. The van der Waals surface area contributed by atoms with Gasteiger partial charge in [-0.1, -0.05) is 0 Å². The second kappa shape index (κ2) is 6.98. The monoisotopic (exact) mass is 355 g/mol. The minimum absolute atomic E-state index is 1.03. The first-order chi connectivity index (χ1) is 9.70. The first-order valence-corrected chi connectivity index (χ1v) is 6.81. The summed E-state index contributed by atoms with van der Waals surface area (Å²) in [5.74, 6) is -3.32. The predicted octanol–water partition coefficient (Wildman–Crippen LogP) is 0.490. The van der Waals surface area contributed by atoms with Crippen LogP contribution in [0.3, 0.4) is 0 Å². The number of aromatic nitrogens is 2. The Morgan fingerprint density at radius 3 is 2.00 bits per heavy atom. The van der Waals surface area contributed by atoms with Gasteiger partial charge in [-0.3, -0.25) is 0 Å². The summed E-state index contributed by atoms with van der Waals surface area (Å²) in [6, 6.07) is 0. The summed E-state index contributed by atoms with van der Waals surface area (Å²) in [6.07, 6.45) is 0.391. The number of nitrogens with zero attached hydrogens (tertiary/aromatic N) is 3. The van der Waals surface area contributed by atoms with Crippen molar-refractivity contribution < 1.29 is 44.4 Å². The topological polar surface area (TPSA) is 78.4 Å². The van der Waals surface area contributed by atoms with Crippen LogP contribution in [-0.2, 0) is 23.6 Å². The summed E-state index contributed by atoms with van der Waals surface area (Å²) in [7, 11) is -4.40. The van der Waals surface area contributed by atoms with Gasteiger partial charge in [-0.15, -0.1) is 0 Å². The molecule has 0 radical (unpaired) electrons. The lowest BCUT2D eigenvalue weighted by molar-refractivity contribution is -0.671. The first kappa shape index (κ1) is 20.2. The molecule has 0 aliphatic heterocycles. The third-order valence-electron chi connectivity index (χ3n) is 1.93. The van der Waals surface area contributed by atoms with Crippen LogP contribution in [0.2, 0.25) is 0 Å². The summed E-state index contributed by atoms with van der Waals surface area (Å²) in [4.78, 5) is 0.